The minimum absolute atomic E-state index is 0.223. The molecule has 0 radical (unpaired) electrons. The Kier molecular flexibility index (Phi) is 4.57. The van der Waals surface area contributed by atoms with Crippen LogP contribution in [0.15, 0.2) is 35.2 Å². The molecule has 0 saturated heterocycles. The molecule has 2 aromatic heterocycles. The lowest BCUT2D eigenvalue weighted by atomic mass is 10.3. The fraction of sp³-hybridized carbons (Fsp3) is 0.286. The molecule has 0 unspecified atom stereocenters. The molecule has 0 saturated carbocycles. The highest BCUT2D eigenvalue weighted by Gasteiger charge is 2.15. The van der Waals surface area contributed by atoms with Crippen LogP contribution in [0.4, 0.5) is 0 Å². The number of hydrogen-bond donors (Lipinski definition) is 0. The number of rotatable bonds is 5. The number of thiophene rings is 1. The van der Waals surface area contributed by atoms with Crippen LogP contribution in [0.1, 0.15) is 16.1 Å². The van der Waals surface area contributed by atoms with E-state index in [-0.39, 0.29) is 12.5 Å². The largest absolute Gasteiger partial charge is 0.451 e. The lowest BCUT2D eigenvalue weighted by Gasteiger charge is -2.16. The molecular formula is C14H16N2O3S. The van der Waals surface area contributed by atoms with Crippen LogP contribution < -0.4 is 0 Å². The second kappa shape index (κ2) is 6.38. The van der Waals surface area contributed by atoms with Gasteiger partial charge in [0.15, 0.2) is 6.61 Å². The molecule has 106 valence electrons. The predicted molar refractivity (Wildman–Crippen MR) is 76.5 cm³/mol. The van der Waals surface area contributed by atoms with Crippen LogP contribution in [0.3, 0.4) is 0 Å². The standard InChI is InChI=1S/C14H16N2O3S/c1-15-6-3-4-12(15)14(18)19-9-13(17)16(2)8-11-5-7-20-10-11/h3-7,10H,8-9H2,1-2H3. The summed E-state index contributed by atoms with van der Waals surface area (Å²) in [7, 11) is 3.44. The van der Waals surface area contributed by atoms with Gasteiger partial charge in [0.05, 0.1) is 0 Å². The zero-order valence-electron chi connectivity index (χ0n) is 11.4. The van der Waals surface area contributed by atoms with E-state index < -0.39 is 5.97 Å². The Morgan fingerprint density at radius 1 is 1.40 bits per heavy atom. The van der Waals surface area contributed by atoms with Crippen molar-refractivity contribution in [3.8, 4) is 0 Å². The van der Waals surface area contributed by atoms with Gasteiger partial charge < -0.3 is 14.2 Å². The van der Waals surface area contributed by atoms with Crippen LogP contribution in [0.25, 0.3) is 0 Å². The van der Waals surface area contributed by atoms with Crippen molar-refractivity contribution in [2.24, 2.45) is 7.05 Å². The molecule has 20 heavy (non-hydrogen) atoms. The maximum absolute atomic E-state index is 11.9. The van der Waals surface area contributed by atoms with Crippen molar-refractivity contribution in [2.75, 3.05) is 13.7 Å². The molecule has 6 heteroatoms. The van der Waals surface area contributed by atoms with Gasteiger partial charge in [-0.25, -0.2) is 4.79 Å². The first-order valence-corrected chi connectivity index (χ1v) is 7.05. The molecule has 0 N–H and O–H groups in total. The summed E-state index contributed by atoms with van der Waals surface area (Å²) >= 11 is 1.59. The zero-order chi connectivity index (χ0) is 14.5. The van der Waals surface area contributed by atoms with Gasteiger partial charge in [-0.15, -0.1) is 0 Å². The Bertz CT molecular complexity index is 589. The van der Waals surface area contributed by atoms with Gasteiger partial charge in [0.1, 0.15) is 5.69 Å². The molecule has 5 nitrogen and oxygen atoms in total. The number of carbonyl (C=O) groups is 2. The normalized spacial score (nSPS) is 10.3. The second-order valence-electron chi connectivity index (χ2n) is 4.46. The van der Waals surface area contributed by atoms with Crippen molar-refractivity contribution < 1.29 is 14.3 Å². The summed E-state index contributed by atoms with van der Waals surface area (Å²) in [5.74, 6) is -0.714. The monoisotopic (exact) mass is 292 g/mol. The van der Waals surface area contributed by atoms with E-state index in [4.69, 9.17) is 4.74 Å². The summed E-state index contributed by atoms with van der Waals surface area (Å²) in [5.41, 5.74) is 1.50. The summed E-state index contributed by atoms with van der Waals surface area (Å²) in [4.78, 5) is 25.2. The summed E-state index contributed by atoms with van der Waals surface area (Å²) in [6, 6.07) is 5.37. The quantitative estimate of drug-likeness (QED) is 0.791. The lowest BCUT2D eigenvalue weighted by molar-refractivity contribution is -0.133. The maximum Gasteiger partial charge on any atom is 0.355 e. The number of hydrogen-bond acceptors (Lipinski definition) is 4. The summed E-state index contributed by atoms with van der Waals surface area (Å²) in [6.07, 6.45) is 1.75. The molecule has 0 aliphatic rings. The number of ether oxygens (including phenoxy) is 1. The first kappa shape index (κ1) is 14.3. The molecule has 2 aromatic rings. The van der Waals surface area contributed by atoms with Crippen LogP contribution in [0.5, 0.6) is 0 Å². The third-order valence-electron chi connectivity index (χ3n) is 2.91. The first-order valence-electron chi connectivity index (χ1n) is 6.11. The van der Waals surface area contributed by atoms with Gasteiger partial charge in [-0.3, -0.25) is 4.79 Å². The van der Waals surface area contributed by atoms with E-state index in [1.807, 2.05) is 16.8 Å². The minimum Gasteiger partial charge on any atom is -0.451 e. The van der Waals surface area contributed by atoms with Crippen LogP contribution in [-0.4, -0.2) is 35.0 Å². The summed E-state index contributed by atoms with van der Waals surface area (Å²) in [5, 5.41) is 3.95. The van der Waals surface area contributed by atoms with E-state index in [1.165, 1.54) is 0 Å². The number of aryl methyl sites for hydroxylation is 1. The minimum atomic E-state index is -0.491. The average Bonchev–Trinajstić information content (AvgIpc) is 3.06. The van der Waals surface area contributed by atoms with E-state index in [0.29, 0.717) is 12.2 Å². The van der Waals surface area contributed by atoms with Gasteiger partial charge in [0.25, 0.3) is 5.91 Å². The topological polar surface area (TPSA) is 51.5 Å². The average molecular weight is 292 g/mol. The van der Waals surface area contributed by atoms with E-state index in [9.17, 15) is 9.59 Å². The number of aromatic nitrogens is 1. The molecule has 0 aromatic carbocycles. The highest BCUT2D eigenvalue weighted by Crippen LogP contribution is 2.09. The fourth-order valence-electron chi connectivity index (χ4n) is 1.73. The van der Waals surface area contributed by atoms with E-state index in [0.717, 1.165) is 5.56 Å². The molecule has 2 heterocycles. The van der Waals surface area contributed by atoms with Gasteiger partial charge in [0, 0.05) is 26.8 Å². The Hall–Kier alpha value is -2.08. The molecule has 0 fully saturated rings. The van der Waals surface area contributed by atoms with Crippen molar-refractivity contribution in [2.45, 2.75) is 6.54 Å². The van der Waals surface area contributed by atoms with Gasteiger partial charge in [0.2, 0.25) is 0 Å². The Labute approximate surface area is 121 Å². The van der Waals surface area contributed by atoms with Gasteiger partial charge in [-0.2, -0.15) is 11.3 Å². The Morgan fingerprint density at radius 2 is 2.20 bits per heavy atom. The lowest BCUT2D eigenvalue weighted by Crippen LogP contribution is -2.30. The highest BCUT2D eigenvalue weighted by atomic mass is 32.1. The fourth-order valence-corrected chi connectivity index (χ4v) is 2.39. The van der Waals surface area contributed by atoms with E-state index in [1.54, 1.807) is 53.2 Å². The number of nitrogens with zero attached hydrogens (tertiary/aromatic N) is 2. The first-order chi connectivity index (χ1) is 9.58. The molecule has 2 rings (SSSR count). The number of esters is 1. The third-order valence-corrected chi connectivity index (χ3v) is 3.64. The van der Waals surface area contributed by atoms with Gasteiger partial charge in [-0.1, -0.05) is 0 Å². The zero-order valence-corrected chi connectivity index (χ0v) is 12.2. The molecule has 0 bridgehead atoms. The summed E-state index contributed by atoms with van der Waals surface area (Å²) in [6.45, 7) is 0.273. The second-order valence-corrected chi connectivity index (χ2v) is 5.24. The van der Waals surface area contributed by atoms with Crippen molar-refractivity contribution in [1.82, 2.24) is 9.47 Å². The molecule has 1 amide bonds. The SMILES string of the molecule is CN(Cc1ccsc1)C(=O)COC(=O)c1cccn1C. The number of amides is 1. The van der Waals surface area contributed by atoms with E-state index in [2.05, 4.69) is 0 Å². The van der Waals surface area contributed by atoms with Gasteiger partial charge in [-0.05, 0) is 34.5 Å². The molecule has 0 aliphatic carbocycles. The van der Waals surface area contributed by atoms with Crippen molar-refractivity contribution in [1.29, 1.82) is 0 Å². The molecule has 0 spiro atoms. The Balaban J connectivity index is 1.83. The summed E-state index contributed by atoms with van der Waals surface area (Å²) < 4.78 is 6.68. The molecule has 0 aliphatic heterocycles. The van der Waals surface area contributed by atoms with Crippen LogP contribution >= 0.6 is 11.3 Å². The van der Waals surface area contributed by atoms with Crippen LogP contribution in [-0.2, 0) is 23.1 Å². The third kappa shape index (κ3) is 3.48. The Morgan fingerprint density at radius 3 is 2.80 bits per heavy atom. The number of likely N-dealkylation sites (N-methyl/N-ethyl adjacent to an activating group) is 1. The van der Waals surface area contributed by atoms with Crippen LogP contribution in [0, 0.1) is 0 Å². The molecular weight excluding hydrogens is 276 g/mol. The maximum atomic E-state index is 11.9. The predicted octanol–water partition coefficient (Wildman–Crippen LogP) is 1.90. The number of carbonyl (C=O) groups excluding carboxylic acids is 2. The van der Waals surface area contributed by atoms with Gasteiger partial charge >= 0.3 is 5.97 Å². The van der Waals surface area contributed by atoms with Crippen molar-refractivity contribution in [3.63, 3.8) is 0 Å². The molecule has 0 atom stereocenters. The van der Waals surface area contributed by atoms with E-state index >= 15 is 0 Å². The van der Waals surface area contributed by atoms with Crippen molar-refractivity contribution in [3.05, 3.63) is 46.4 Å². The van der Waals surface area contributed by atoms with Crippen molar-refractivity contribution >= 4 is 23.2 Å². The smallest absolute Gasteiger partial charge is 0.355 e. The van der Waals surface area contributed by atoms with Crippen LogP contribution in [0.2, 0.25) is 0 Å². The highest BCUT2D eigenvalue weighted by molar-refractivity contribution is 7.07.